The number of hydrogen-bond donors (Lipinski definition) is 3. The molecule has 0 spiro atoms. The second-order valence-corrected chi connectivity index (χ2v) is 8.12. The van der Waals surface area contributed by atoms with Gasteiger partial charge in [-0.3, -0.25) is 4.90 Å². The third kappa shape index (κ3) is 5.75. The summed E-state index contributed by atoms with van der Waals surface area (Å²) in [5, 5.41) is 9.53. The summed E-state index contributed by atoms with van der Waals surface area (Å²) in [5.74, 6) is 1.44. The summed E-state index contributed by atoms with van der Waals surface area (Å²) in [6, 6.07) is 7.36. The molecule has 0 bridgehead atoms. The molecule has 4 rings (SSSR count). The standard InChI is InChI=1S/C21H28ClN7O2/c1-23-20-24-6-4-19(27-20)29-7-5-17(14-29)26-21(30)25-16-3-2-15(18(22)12-16)13-28-8-10-31-11-9-28/h2-4,6,12,17H,5,7-11,13-14H2,1H3,(H,23,24,27)(H2,25,26,30). The zero-order valence-electron chi connectivity index (χ0n) is 17.6. The summed E-state index contributed by atoms with van der Waals surface area (Å²) in [5.41, 5.74) is 1.73. The molecule has 0 aliphatic carbocycles. The van der Waals surface area contributed by atoms with E-state index in [4.69, 9.17) is 16.3 Å². The minimum Gasteiger partial charge on any atom is -0.379 e. The molecule has 0 saturated carbocycles. The quantitative estimate of drug-likeness (QED) is 0.628. The normalized spacial score (nSPS) is 19.3. The lowest BCUT2D eigenvalue weighted by atomic mass is 10.2. The average molecular weight is 446 g/mol. The number of nitrogens with one attached hydrogen (secondary N) is 3. The van der Waals surface area contributed by atoms with Gasteiger partial charge in [-0.25, -0.2) is 9.78 Å². The number of urea groups is 1. The molecule has 2 aromatic rings. The summed E-state index contributed by atoms with van der Waals surface area (Å²) < 4.78 is 5.39. The maximum absolute atomic E-state index is 12.5. The largest absolute Gasteiger partial charge is 0.379 e. The van der Waals surface area contributed by atoms with Crippen molar-refractivity contribution in [2.75, 3.05) is 62.0 Å². The van der Waals surface area contributed by atoms with Crippen LogP contribution < -0.4 is 20.9 Å². The van der Waals surface area contributed by atoms with Crippen molar-refractivity contribution in [3.8, 4) is 0 Å². The molecule has 31 heavy (non-hydrogen) atoms. The number of nitrogens with zero attached hydrogens (tertiary/aromatic N) is 4. The number of morpholine rings is 1. The number of hydrogen-bond acceptors (Lipinski definition) is 7. The van der Waals surface area contributed by atoms with Gasteiger partial charge in [0.15, 0.2) is 0 Å². The molecule has 1 atom stereocenters. The third-order valence-electron chi connectivity index (χ3n) is 5.52. The van der Waals surface area contributed by atoms with E-state index in [1.54, 1.807) is 19.3 Å². The second-order valence-electron chi connectivity index (χ2n) is 7.71. The molecule has 3 heterocycles. The van der Waals surface area contributed by atoms with Gasteiger partial charge in [-0.05, 0) is 30.2 Å². The first-order valence-electron chi connectivity index (χ1n) is 10.5. The Hall–Kier alpha value is -2.62. The van der Waals surface area contributed by atoms with Gasteiger partial charge in [-0.1, -0.05) is 17.7 Å². The number of benzene rings is 1. The number of rotatable bonds is 6. The van der Waals surface area contributed by atoms with Crippen molar-refractivity contribution < 1.29 is 9.53 Å². The van der Waals surface area contributed by atoms with Crippen LogP contribution in [0, 0.1) is 0 Å². The van der Waals surface area contributed by atoms with Crippen LogP contribution in [0.2, 0.25) is 5.02 Å². The van der Waals surface area contributed by atoms with Crippen LogP contribution in [0.1, 0.15) is 12.0 Å². The first-order chi connectivity index (χ1) is 15.1. The molecule has 2 aliphatic heterocycles. The van der Waals surface area contributed by atoms with E-state index >= 15 is 0 Å². The van der Waals surface area contributed by atoms with Crippen molar-refractivity contribution in [3.63, 3.8) is 0 Å². The van der Waals surface area contributed by atoms with Crippen molar-refractivity contribution in [2.24, 2.45) is 0 Å². The van der Waals surface area contributed by atoms with E-state index in [1.165, 1.54) is 0 Å². The van der Waals surface area contributed by atoms with E-state index in [0.717, 1.165) is 57.2 Å². The molecule has 0 radical (unpaired) electrons. The highest BCUT2D eigenvalue weighted by molar-refractivity contribution is 6.31. The van der Waals surface area contributed by atoms with Crippen LogP contribution in [-0.4, -0.2) is 73.4 Å². The molecular weight excluding hydrogens is 418 g/mol. The highest BCUT2D eigenvalue weighted by Crippen LogP contribution is 2.23. The number of anilines is 3. The summed E-state index contributed by atoms with van der Waals surface area (Å²) in [7, 11) is 1.79. The number of amides is 2. The van der Waals surface area contributed by atoms with Gasteiger partial charge in [0, 0.05) is 62.7 Å². The molecule has 2 saturated heterocycles. The van der Waals surface area contributed by atoms with E-state index in [0.29, 0.717) is 23.2 Å². The van der Waals surface area contributed by atoms with Crippen molar-refractivity contribution in [1.29, 1.82) is 0 Å². The van der Waals surface area contributed by atoms with Crippen LogP contribution in [0.5, 0.6) is 0 Å². The molecule has 1 unspecified atom stereocenters. The Kier molecular flexibility index (Phi) is 7.06. The molecule has 1 aromatic heterocycles. The Bertz CT molecular complexity index is 907. The van der Waals surface area contributed by atoms with Crippen LogP contribution in [0.15, 0.2) is 30.5 Å². The monoisotopic (exact) mass is 445 g/mol. The van der Waals surface area contributed by atoms with Gasteiger partial charge >= 0.3 is 6.03 Å². The third-order valence-corrected chi connectivity index (χ3v) is 5.87. The molecule has 3 N–H and O–H groups in total. The maximum atomic E-state index is 12.5. The van der Waals surface area contributed by atoms with Crippen LogP contribution in [0.3, 0.4) is 0 Å². The minimum absolute atomic E-state index is 0.0454. The van der Waals surface area contributed by atoms with Gasteiger partial charge in [-0.15, -0.1) is 0 Å². The number of aromatic nitrogens is 2. The first-order valence-corrected chi connectivity index (χ1v) is 10.9. The summed E-state index contributed by atoms with van der Waals surface area (Å²) >= 11 is 6.46. The first kappa shape index (κ1) is 21.6. The fourth-order valence-electron chi connectivity index (χ4n) is 3.84. The summed E-state index contributed by atoms with van der Waals surface area (Å²) in [6.07, 6.45) is 2.58. The number of ether oxygens (including phenoxy) is 1. The molecule has 1 aromatic carbocycles. The Labute approximate surface area is 187 Å². The fourth-order valence-corrected chi connectivity index (χ4v) is 4.08. The zero-order valence-corrected chi connectivity index (χ0v) is 18.4. The smallest absolute Gasteiger partial charge is 0.319 e. The Morgan fingerprint density at radius 2 is 2.10 bits per heavy atom. The van der Waals surface area contributed by atoms with Gasteiger partial charge < -0.3 is 25.6 Å². The molecule has 2 fully saturated rings. The van der Waals surface area contributed by atoms with E-state index in [-0.39, 0.29) is 12.1 Å². The molecule has 2 aliphatic rings. The van der Waals surface area contributed by atoms with Gasteiger partial charge in [0.1, 0.15) is 5.82 Å². The number of carbonyl (C=O) groups is 1. The van der Waals surface area contributed by atoms with Gasteiger partial charge in [0.2, 0.25) is 5.95 Å². The molecule has 2 amide bonds. The molecule has 166 valence electrons. The van der Waals surface area contributed by atoms with Gasteiger partial charge in [0.05, 0.1) is 13.2 Å². The summed E-state index contributed by atoms with van der Waals surface area (Å²) in [4.78, 5) is 25.5. The van der Waals surface area contributed by atoms with E-state index in [1.807, 2.05) is 18.2 Å². The van der Waals surface area contributed by atoms with Crippen LogP contribution >= 0.6 is 11.6 Å². The summed E-state index contributed by atoms with van der Waals surface area (Å²) in [6.45, 7) is 5.63. The second kappa shape index (κ2) is 10.1. The van der Waals surface area contributed by atoms with E-state index in [9.17, 15) is 4.79 Å². The Morgan fingerprint density at radius 3 is 2.87 bits per heavy atom. The Balaban J connectivity index is 1.28. The molecular formula is C21H28ClN7O2. The zero-order chi connectivity index (χ0) is 21.6. The van der Waals surface area contributed by atoms with Crippen LogP contribution in [0.4, 0.5) is 22.2 Å². The average Bonchev–Trinajstić information content (AvgIpc) is 3.25. The topological polar surface area (TPSA) is 94.7 Å². The number of carbonyl (C=O) groups excluding carboxylic acids is 1. The van der Waals surface area contributed by atoms with Crippen molar-refractivity contribution >= 4 is 35.1 Å². The maximum Gasteiger partial charge on any atom is 0.319 e. The lowest BCUT2D eigenvalue weighted by Gasteiger charge is -2.27. The Morgan fingerprint density at radius 1 is 1.26 bits per heavy atom. The fraction of sp³-hybridized carbons (Fsp3) is 0.476. The van der Waals surface area contributed by atoms with Crippen LogP contribution in [0.25, 0.3) is 0 Å². The van der Waals surface area contributed by atoms with Gasteiger partial charge in [0.25, 0.3) is 0 Å². The number of halogens is 1. The molecule has 10 heteroatoms. The predicted molar refractivity (Wildman–Crippen MR) is 122 cm³/mol. The lowest BCUT2D eigenvalue weighted by Crippen LogP contribution is -2.39. The molecule has 9 nitrogen and oxygen atoms in total. The van der Waals surface area contributed by atoms with Crippen molar-refractivity contribution in [3.05, 3.63) is 41.0 Å². The highest BCUT2D eigenvalue weighted by Gasteiger charge is 2.25. The van der Waals surface area contributed by atoms with E-state index < -0.39 is 0 Å². The van der Waals surface area contributed by atoms with Gasteiger partial charge in [-0.2, -0.15) is 4.98 Å². The minimum atomic E-state index is -0.234. The van der Waals surface area contributed by atoms with Crippen molar-refractivity contribution in [1.82, 2.24) is 20.2 Å². The van der Waals surface area contributed by atoms with Crippen LogP contribution in [-0.2, 0) is 11.3 Å². The lowest BCUT2D eigenvalue weighted by molar-refractivity contribution is 0.0342. The SMILES string of the molecule is CNc1nccc(N2CCC(NC(=O)Nc3ccc(CN4CCOCC4)c(Cl)c3)C2)n1. The highest BCUT2D eigenvalue weighted by atomic mass is 35.5. The van der Waals surface area contributed by atoms with Crippen molar-refractivity contribution in [2.45, 2.75) is 19.0 Å². The predicted octanol–water partition coefficient (Wildman–Crippen LogP) is 2.40. The van der Waals surface area contributed by atoms with E-state index in [2.05, 4.69) is 35.7 Å².